The zero-order valence-electron chi connectivity index (χ0n) is 14.9. The van der Waals surface area contributed by atoms with Gasteiger partial charge in [-0.05, 0) is 49.7 Å². The normalized spacial score (nSPS) is 16.4. The molecule has 0 atom stereocenters. The van der Waals surface area contributed by atoms with E-state index < -0.39 is 17.3 Å². The number of benzene rings is 1. The maximum Gasteiger partial charge on any atom is 0.416 e. The Labute approximate surface area is 161 Å². The number of carbonyl (C=O) groups excluding carboxylic acids is 1. The molecule has 0 unspecified atom stereocenters. The first-order valence-electron chi connectivity index (χ1n) is 8.45. The van der Waals surface area contributed by atoms with Crippen molar-refractivity contribution in [1.29, 1.82) is 0 Å². The van der Waals surface area contributed by atoms with E-state index in [-0.39, 0.29) is 24.9 Å². The standard InChI is InChI=1S/C18H21F3N4O.ClH/c1-24(13-14-4-2-5-15(12-14)18(19,20)21)16(26)17(6-9-22-10-7-17)25-11-3-8-23-25;/h2-5,8,11-12,22H,6-7,9-10,13H2,1H3;1H. The second-order valence-electron chi connectivity index (χ2n) is 6.59. The van der Waals surface area contributed by atoms with Gasteiger partial charge in [0, 0.05) is 26.0 Å². The molecule has 1 aliphatic heterocycles. The molecule has 27 heavy (non-hydrogen) atoms. The summed E-state index contributed by atoms with van der Waals surface area (Å²) in [6.45, 7) is 1.48. The van der Waals surface area contributed by atoms with Crippen molar-refractivity contribution in [1.82, 2.24) is 20.0 Å². The van der Waals surface area contributed by atoms with Crippen molar-refractivity contribution in [2.45, 2.75) is 31.1 Å². The van der Waals surface area contributed by atoms with Gasteiger partial charge >= 0.3 is 6.18 Å². The van der Waals surface area contributed by atoms with Crippen LogP contribution in [0.3, 0.4) is 0 Å². The van der Waals surface area contributed by atoms with Crippen LogP contribution in [0, 0.1) is 0 Å². The number of alkyl halides is 3. The molecule has 148 valence electrons. The Bertz CT molecular complexity index is 758. The van der Waals surface area contributed by atoms with Gasteiger partial charge in [-0.3, -0.25) is 9.48 Å². The SMILES string of the molecule is CN(Cc1cccc(C(F)(F)F)c1)C(=O)C1(n2cccn2)CCNCC1.Cl. The van der Waals surface area contributed by atoms with Gasteiger partial charge in [-0.25, -0.2) is 0 Å². The summed E-state index contributed by atoms with van der Waals surface area (Å²) in [7, 11) is 1.62. The number of rotatable bonds is 4. The Kier molecular flexibility index (Phi) is 6.54. The Morgan fingerprint density at radius 2 is 2.00 bits per heavy atom. The third-order valence-corrected chi connectivity index (χ3v) is 4.79. The third kappa shape index (κ3) is 4.44. The van der Waals surface area contributed by atoms with Crippen molar-refractivity contribution in [3.63, 3.8) is 0 Å². The van der Waals surface area contributed by atoms with Crippen LogP contribution in [0.1, 0.15) is 24.0 Å². The van der Waals surface area contributed by atoms with E-state index in [1.165, 1.54) is 11.0 Å². The molecule has 0 spiro atoms. The van der Waals surface area contributed by atoms with Crippen LogP contribution in [-0.4, -0.2) is 40.7 Å². The average molecular weight is 403 g/mol. The van der Waals surface area contributed by atoms with Crippen molar-refractivity contribution in [3.05, 3.63) is 53.9 Å². The summed E-state index contributed by atoms with van der Waals surface area (Å²) in [4.78, 5) is 14.7. The molecule has 2 heterocycles. The number of amides is 1. The van der Waals surface area contributed by atoms with E-state index in [0.717, 1.165) is 12.1 Å². The first kappa shape index (κ1) is 21.2. The predicted octanol–water partition coefficient (Wildman–Crippen LogP) is 3.06. The second-order valence-corrected chi connectivity index (χ2v) is 6.59. The van der Waals surface area contributed by atoms with Gasteiger partial charge in [0.1, 0.15) is 5.54 Å². The van der Waals surface area contributed by atoms with E-state index in [4.69, 9.17) is 0 Å². The molecular weight excluding hydrogens is 381 g/mol. The molecule has 0 radical (unpaired) electrons. The van der Waals surface area contributed by atoms with Crippen molar-refractivity contribution in [2.24, 2.45) is 0 Å². The second kappa shape index (κ2) is 8.31. The summed E-state index contributed by atoms with van der Waals surface area (Å²) in [5.41, 5.74) is -1.06. The monoisotopic (exact) mass is 402 g/mol. The highest BCUT2D eigenvalue weighted by atomic mass is 35.5. The molecule has 5 nitrogen and oxygen atoms in total. The number of nitrogens with zero attached hydrogens (tertiary/aromatic N) is 3. The van der Waals surface area contributed by atoms with E-state index in [1.807, 2.05) is 0 Å². The smallest absolute Gasteiger partial charge is 0.339 e. The van der Waals surface area contributed by atoms with Gasteiger partial charge in [-0.15, -0.1) is 12.4 Å². The maximum atomic E-state index is 13.2. The van der Waals surface area contributed by atoms with Gasteiger partial charge in [-0.2, -0.15) is 18.3 Å². The highest BCUT2D eigenvalue weighted by Gasteiger charge is 2.43. The highest BCUT2D eigenvalue weighted by Crippen LogP contribution is 2.31. The fourth-order valence-electron chi connectivity index (χ4n) is 3.45. The molecule has 0 aliphatic carbocycles. The molecular formula is C18H22ClF3N4O. The van der Waals surface area contributed by atoms with Crippen molar-refractivity contribution >= 4 is 18.3 Å². The number of likely N-dealkylation sites (N-methyl/N-ethyl adjacent to an activating group) is 1. The first-order valence-corrected chi connectivity index (χ1v) is 8.45. The average Bonchev–Trinajstić information content (AvgIpc) is 3.16. The van der Waals surface area contributed by atoms with Crippen LogP contribution in [0.25, 0.3) is 0 Å². The summed E-state index contributed by atoms with van der Waals surface area (Å²) >= 11 is 0. The fourth-order valence-corrected chi connectivity index (χ4v) is 3.45. The lowest BCUT2D eigenvalue weighted by Gasteiger charge is -2.39. The van der Waals surface area contributed by atoms with Gasteiger partial charge in [0.05, 0.1) is 5.56 Å². The number of hydrogen-bond acceptors (Lipinski definition) is 3. The number of carbonyl (C=O) groups is 1. The minimum absolute atomic E-state index is 0. The van der Waals surface area contributed by atoms with Crippen LogP contribution in [0.4, 0.5) is 13.2 Å². The Morgan fingerprint density at radius 3 is 2.59 bits per heavy atom. The Balaban J connectivity index is 0.00000261. The van der Waals surface area contributed by atoms with E-state index in [2.05, 4.69) is 10.4 Å². The van der Waals surface area contributed by atoms with Crippen molar-refractivity contribution in [3.8, 4) is 0 Å². The van der Waals surface area contributed by atoms with E-state index in [0.29, 0.717) is 31.5 Å². The number of aromatic nitrogens is 2. The lowest BCUT2D eigenvalue weighted by molar-refractivity contribution is -0.142. The molecule has 2 aromatic rings. The third-order valence-electron chi connectivity index (χ3n) is 4.79. The number of hydrogen-bond donors (Lipinski definition) is 1. The number of nitrogens with one attached hydrogen (secondary N) is 1. The highest BCUT2D eigenvalue weighted by molar-refractivity contribution is 5.85. The van der Waals surface area contributed by atoms with Crippen LogP contribution in [-0.2, 0) is 23.1 Å². The van der Waals surface area contributed by atoms with Crippen molar-refractivity contribution in [2.75, 3.05) is 20.1 Å². The van der Waals surface area contributed by atoms with E-state index >= 15 is 0 Å². The summed E-state index contributed by atoms with van der Waals surface area (Å²) in [5.74, 6) is -0.139. The largest absolute Gasteiger partial charge is 0.416 e. The molecule has 1 aromatic carbocycles. The molecule has 3 rings (SSSR count). The molecule has 1 aliphatic rings. The fraction of sp³-hybridized carbons (Fsp3) is 0.444. The van der Waals surface area contributed by atoms with Crippen LogP contribution in [0.2, 0.25) is 0 Å². The van der Waals surface area contributed by atoms with Crippen LogP contribution < -0.4 is 5.32 Å². The number of halogens is 4. The zero-order valence-corrected chi connectivity index (χ0v) is 15.7. The number of piperidine rings is 1. The first-order chi connectivity index (χ1) is 12.3. The van der Waals surface area contributed by atoms with E-state index in [9.17, 15) is 18.0 Å². The maximum absolute atomic E-state index is 13.2. The molecule has 0 saturated carbocycles. The van der Waals surface area contributed by atoms with Gasteiger partial charge in [0.2, 0.25) is 0 Å². The minimum Gasteiger partial charge on any atom is -0.339 e. The van der Waals surface area contributed by atoms with Gasteiger partial charge in [0.25, 0.3) is 5.91 Å². The predicted molar refractivity (Wildman–Crippen MR) is 97.5 cm³/mol. The summed E-state index contributed by atoms with van der Waals surface area (Å²) in [6.07, 6.45) is 0.163. The summed E-state index contributed by atoms with van der Waals surface area (Å²) < 4.78 is 40.4. The van der Waals surface area contributed by atoms with Crippen LogP contribution in [0.5, 0.6) is 0 Å². The van der Waals surface area contributed by atoms with Crippen molar-refractivity contribution < 1.29 is 18.0 Å². The quantitative estimate of drug-likeness (QED) is 0.855. The lowest BCUT2D eigenvalue weighted by atomic mass is 9.86. The van der Waals surface area contributed by atoms with Gasteiger partial charge in [-0.1, -0.05) is 12.1 Å². The van der Waals surface area contributed by atoms with Crippen LogP contribution >= 0.6 is 12.4 Å². The van der Waals surface area contributed by atoms with E-state index in [1.54, 1.807) is 36.3 Å². The molecule has 1 amide bonds. The molecule has 1 aromatic heterocycles. The lowest BCUT2D eigenvalue weighted by Crippen LogP contribution is -2.54. The molecule has 1 saturated heterocycles. The van der Waals surface area contributed by atoms with Crippen LogP contribution in [0.15, 0.2) is 42.7 Å². The Morgan fingerprint density at radius 1 is 1.30 bits per heavy atom. The van der Waals surface area contributed by atoms with Gasteiger partial charge < -0.3 is 10.2 Å². The molecule has 1 fully saturated rings. The summed E-state index contributed by atoms with van der Waals surface area (Å²) in [6, 6.07) is 6.85. The minimum atomic E-state index is -4.40. The topological polar surface area (TPSA) is 50.2 Å². The zero-order chi connectivity index (χ0) is 18.8. The summed E-state index contributed by atoms with van der Waals surface area (Å²) in [5, 5.41) is 7.49. The molecule has 0 bridgehead atoms. The van der Waals surface area contributed by atoms with Gasteiger partial charge in [0.15, 0.2) is 0 Å². The molecule has 9 heteroatoms. The molecule has 1 N–H and O–H groups in total. The Hall–Kier alpha value is -2.06.